The highest BCUT2D eigenvalue weighted by Crippen LogP contribution is 2.49. The Kier molecular flexibility index (Phi) is 6.31. The van der Waals surface area contributed by atoms with Crippen LogP contribution in [-0.2, 0) is 9.53 Å². The second kappa shape index (κ2) is 9.55. The fourth-order valence-electron chi connectivity index (χ4n) is 4.97. The molecule has 5 rings (SSSR count). The highest BCUT2D eigenvalue weighted by atomic mass is 16.5. The van der Waals surface area contributed by atoms with Gasteiger partial charge in [0, 0.05) is 31.7 Å². The molecular weight excluding hydrogens is 452 g/mol. The highest BCUT2D eigenvalue weighted by molar-refractivity contribution is 6.18. The molecule has 1 fully saturated rings. The first-order valence-electron chi connectivity index (χ1n) is 11.6. The number of amides is 3. The van der Waals surface area contributed by atoms with E-state index in [0.29, 0.717) is 60.2 Å². The number of carbonyl (C=O) groups excluding carboxylic acids is 3. The van der Waals surface area contributed by atoms with E-state index in [0.717, 1.165) is 13.1 Å². The molecule has 3 heterocycles. The maximum Gasteiger partial charge on any atom is 0.264 e. The van der Waals surface area contributed by atoms with Gasteiger partial charge in [0.15, 0.2) is 11.5 Å². The molecule has 1 atom stereocenters. The largest absolute Gasteiger partial charge is 0.493 e. The predicted molar refractivity (Wildman–Crippen MR) is 127 cm³/mol. The van der Waals surface area contributed by atoms with Crippen molar-refractivity contribution in [2.75, 3.05) is 65.1 Å². The Balaban J connectivity index is 1.44. The summed E-state index contributed by atoms with van der Waals surface area (Å²) in [5.74, 6) is -0.165. The molecule has 184 valence electrons. The van der Waals surface area contributed by atoms with Crippen LogP contribution < -0.4 is 19.7 Å². The molecule has 1 N–H and O–H groups in total. The number of hydrogen-bond acceptors (Lipinski definition) is 7. The molecular formula is C25H28N4O6. The van der Waals surface area contributed by atoms with E-state index < -0.39 is 6.17 Å². The van der Waals surface area contributed by atoms with Crippen molar-refractivity contribution in [3.05, 3.63) is 53.1 Å². The molecule has 3 aliphatic heterocycles. The van der Waals surface area contributed by atoms with Gasteiger partial charge in [0.05, 0.1) is 44.2 Å². The van der Waals surface area contributed by atoms with Crippen LogP contribution in [0.1, 0.15) is 32.4 Å². The third kappa shape index (κ3) is 3.98. The smallest absolute Gasteiger partial charge is 0.264 e. The van der Waals surface area contributed by atoms with Crippen molar-refractivity contribution in [1.82, 2.24) is 15.1 Å². The Morgan fingerprint density at radius 1 is 1.06 bits per heavy atom. The maximum absolute atomic E-state index is 13.7. The first-order chi connectivity index (χ1) is 17.0. The van der Waals surface area contributed by atoms with Crippen LogP contribution in [0, 0.1) is 0 Å². The molecule has 0 spiro atoms. The quantitative estimate of drug-likeness (QED) is 0.637. The summed E-state index contributed by atoms with van der Waals surface area (Å²) < 4.78 is 16.3. The minimum absolute atomic E-state index is 0.182. The SMILES string of the molecule is COc1ccc2c(c1OC)C(=O)N1c3ccccc3C(=O)N(CC(=O)NCCN3CCOCC3)C21. The molecule has 0 bridgehead atoms. The fraction of sp³-hybridized carbons (Fsp3) is 0.400. The predicted octanol–water partition coefficient (Wildman–Crippen LogP) is 1.27. The molecule has 1 unspecified atom stereocenters. The third-order valence-corrected chi connectivity index (χ3v) is 6.65. The van der Waals surface area contributed by atoms with Gasteiger partial charge in [0.1, 0.15) is 12.7 Å². The molecule has 2 aromatic carbocycles. The summed E-state index contributed by atoms with van der Waals surface area (Å²) in [6, 6.07) is 10.4. The number of fused-ring (bicyclic) bond motifs is 5. The van der Waals surface area contributed by atoms with E-state index in [1.165, 1.54) is 19.1 Å². The van der Waals surface area contributed by atoms with Gasteiger partial charge in [-0.15, -0.1) is 0 Å². The Morgan fingerprint density at radius 3 is 2.57 bits per heavy atom. The zero-order valence-corrected chi connectivity index (χ0v) is 19.8. The summed E-state index contributed by atoms with van der Waals surface area (Å²) in [5.41, 5.74) is 1.81. The van der Waals surface area contributed by atoms with Crippen molar-refractivity contribution in [2.24, 2.45) is 0 Å². The molecule has 2 aromatic rings. The average molecular weight is 481 g/mol. The molecule has 3 amide bonds. The van der Waals surface area contributed by atoms with Gasteiger partial charge in [0.25, 0.3) is 11.8 Å². The van der Waals surface area contributed by atoms with Crippen LogP contribution in [0.4, 0.5) is 5.69 Å². The monoisotopic (exact) mass is 480 g/mol. The van der Waals surface area contributed by atoms with Gasteiger partial charge >= 0.3 is 0 Å². The van der Waals surface area contributed by atoms with Crippen LogP contribution in [0.2, 0.25) is 0 Å². The van der Waals surface area contributed by atoms with E-state index in [9.17, 15) is 14.4 Å². The van der Waals surface area contributed by atoms with E-state index in [1.54, 1.807) is 41.3 Å². The van der Waals surface area contributed by atoms with Gasteiger partial charge in [-0.1, -0.05) is 18.2 Å². The lowest BCUT2D eigenvalue weighted by molar-refractivity contribution is -0.122. The first kappa shape index (κ1) is 23.1. The molecule has 1 saturated heterocycles. The number of nitrogens with one attached hydrogen (secondary N) is 1. The van der Waals surface area contributed by atoms with Gasteiger partial charge in [-0.05, 0) is 18.2 Å². The van der Waals surface area contributed by atoms with Crippen LogP contribution in [-0.4, -0.2) is 87.7 Å². The third-order valence-electron chi connectivity index (χ3n) is 6.65. The van der Waals surface area contributed by atoms with Crippen LogP contribution >= 0.6 is 0 Å². The number of rotatable bonds is 7. The summed E-state index contributed by atoms with van der Waals surface area (Å²) in [4.78, 5) is 45.4. The summed E-state index contributed by atoms with van der Waals surface area (Å²) in [6.07, 6.45) is -0.760. The molecule has 0 aliphatic carbocycles. The Bertz CT molecular complexity index is 1160. The minimum atomic E-state index is -0.760. The Labute approximate surface area is 203 Å². The average Bonchev–Trinajstić information content (AvgIpc) is 3.19. The minimum Gasteiger partial charge on any atom is -0.493 e. The topological polar surface area (TPSA) is 101 Å². The molecule has 10 heteroatoms. The van der Waals surface area contributed by atoms with Crippen molar-refractivity contribution >= 4 is 23.4 Å². The van der Waals surface area contributed by atoms with Crippen molar-refractivity contribution in [3.63, 3.8) is 0 Å². The molecule has 0 saturated carbocycles. The summed E-state index contributed by atoms with van der Waals surface area (Å²) in [6.45, 7) is 4.03. The Morgan fingerprint density at radius 2 is 1.83 bits per heavy atom. The van der Waals surface area contributed by atoms with Gasteiger partial charge < -0.3 is 24.4 Å². The lowest BCUT2D eigenvalue weighted by atomic mass is 10.0. The second-order valence-electron chi connectivity index (χ2n) is 8.57. The van der Waals surface area contributed by atoms with Gasteiger partial charge in [-0.3, -0.25) is 24.2 Å². The number of para-hydroxylation sites is 1. The normalized spacial score (nSPS) is 19.2. The lowest BCUT2D eigenvalue weighted by Crippen LogP contribution is -2.52. The fourth-order valence-corrected chi connectivity index (χ4v) is 4.97. The van der Waals surface area contributed by atoms with Crippen LogP contribution in [0.15, 0.2) is 36.4 Å². The standard InChI is InChI=1S/C25H28N4O6/c1-33-19-8-7-17-21(22(19)34-2)25(32)29-18-6-4-3-5-16(18)24(31)28(23(17)29)15-20(30)26-9-10-27-11-13-35-14-12-27/h3-8,23H,9-15H2,1-2H3,(H,26,30). The van der Waals surface area contributed by atoms with Gasteiger partial charge in [0.2, 0.25) is 5.91 Å². The number of methoxy groups -OCH3 is 2. The van der Waals surface area contributed by atoms with Gasteiger partial charge in [-0.25, -0.2) is 0 Å². The molecule has 3 aliphatic rings. The van der Waals surface area contributed by atoms with Gasteiger partial charge in [-0.2, -0.15) is 0 Å². The van der Waals surface area contributed by atoms with E-state index in [-0.39, 0.29) is 24.3 Å². The lowest BCUT2D eigenvalue weighted by Gasteiger charge is -2.40. The van der Waals surface area contributed by atoms with Crippen molar-refractivity contribution in [2.45, 2.75) is 6.17 Å². The zero-order chi connectivity index (χ0) is 24.5. The number of hydrogen-bond donors (Lipinski definition) is 1. The van der Waals surface area contributed by atoms with E-state index >= 15 is 0 Å². The number of benzene rings is 2. The number of morpholine rings is 1. The van der Waals surface area contributed by atoms with Crippen molar-refractivity contribution < 1.29 is 28.6 Å². The van der Waals surface area contributed by atoms with Crippen LogP contribution in [0.3, 0.4) is 0 Å². The number of ether oxygens (including phenoxy) is 3. The van der Waals surface area contributed by atoms with Crippen LogP contribution in [0.25, 0.3) is 0 Å². The van der Waals surface area contributed by atoms with Crippen molar-refractivity contribution in [1.29, 1.82) is 0 Å². The number of anilines is 1. The van der Waals surface area contributed by atoms with E-state index in [2.05, 4.69) is 10.2 Å². The van der Waals surface area contributed by atoms with Crippen molar-refractivity contribution in [3.8, 4) is 11.5 Å². The second-order valence-corrected chi connectivity index (χ2v) is 8.57. The number of carbonyl (C=O) groups is 3. The van der Waals surface area contributed by atoms with E-state index in [1.807, 2.05) is 0 Å². The summed E-state index contributed by atoms with van der Waals surface area (Å²) in [5, 5.41) is 2.91. The first-order valence-corrected chi connectivity index (χ1v) is 11.6. The Hall–Kier alpha value is -3.63. The maximum atomic E-state index is 13.7. The molecule has 0 aromatic heterocycles. The summed E-state index contributed by atoms with van der Waals surface area (Å²) >= 11 is 0. The molecule has 35 heavy (non-hydrogen) atoms. The van der Waals surface area contributed by atoms with Crippen LogP contribution in [0.5, 0.6) is 11.5 Å². The number of nitrogens with zero attached hydrogens (tertiary/aromatic N) is 3. The molecule has 0 radical (unpaired) electrons. The summed E-state index contributed by atoms with van der Waals surface area (Å²) in [7, 11) is 2.98. The zero-order valence-electron chi connectivity index (χ0n) is 19.8. The van der Waals surface area contributed by atoms with E-state index in [4.69, 9.17) is 14.2 Å². The molecule has 10 nitrogen and oxygen atoms in total. The highest BCUT2D eigenvalue weighted by Gasteiger charge is 2.50.